The Labute approximate surface area is 148 Å². The van der Waals surface area contributed by atoms with E-state index in [1.54, 1.807) is 4.90 Å². The largest absolute Gasteiger partial charge is 0.338 e. The third-order valence-corrected chi connectivity index (χ3v) is 6.93. The minimum absolute atomic E-state index is 0.226. The minimum atomic E-state index is -3.89. The van der Waals surface area contributed by atoms with Crippen molar-refractivity contribution in [3.63, 3.8) is 0 Å². The van der Waals surface area contributed by atoms with Crippen LogP contribution in [0.5, 0.6) is 0 Å². The second-order valence-electron chi connectivity index (χ2n) is 7.41. The summed E-state index contributed by atoms with van der Waals surface area (Å²) in [5.41, 5.74) is 0.237. The number of hydrogen-bond donors (Lipinski definition) is 0. The Kier molecular flexibility index (Phi) is 5.16. The summed E-state index contributed by atoms with van der Waals surface area (Å²) in [6, 6.07) is 3.67. The number of amides is 1. The van der Waals surface area contributed by atoms with Crippen molar-refractivity contribution in [2.45, 2.75) is 38.0 Å². The molecule has 0 N–H and O–H groups in total. The predicted octanol–water partition coefficient (Wildman–Crippen LogP) is 2.73. The standard InChI is InChI=1S/C18H25FN2O3S/c1-13-9-14(2)12-20(11-13)18(22)15-5-6-16(19)17(10-15)25(23,24)21-7-3-4-8-21/h5-6,10,13-14H,3-4,7-9,11-12H2,1-2H3. The number of carbonyl (C=O) groups excluding carboxylic acids is 1. The molecule has 2 atom stereocenters. The first-order valence-electron chi connectivity index (χ1n) is 8.88. The molecule has 0 spiro atoms. The van der Waals surface area contributed by atoms with Crippen molar-refractivity contribution >= 4 is 15.9 Å². The number of carbonyl (C=O) groups is 1. The Hall–Kier alpha value is -1.47. The van der Waals surface area contributed by atoms with Crippen molar-refractivity contribution in [2.24, 2.45) is 11.8 Å². The number of piperidine rings is 1. The van der Waals surface area contributed by atoms with Crippen LogP contribution in [0.25, 0.3) is 0 Å². The average molecular weight is 368 g/mol. The van der Waals surface area contributed by atoms with Crippen LogP contribution < -0.4 is 0 Å². The summed E-state index contributed by atoms with van der Waals surface area (Å²) in [7, 11) is -3.89. The Morgan fingerprint density at radius 1 is 1.12 bits per heavy atom. The van der Waals surface area contributed by atoms with Crippen molar-refractivity contribution in [3.05, 3.63) is 29.6 Å². The first-order chi connectivity index (χ1) is 11.8. The fourth-order valence-electron chi connectivity index (χ4n) is 3.91. The molecule has 2 heterocycles. The van der Waals surface area contributed by atoms with E-state index in [9.17, 15) is 17.6 Å². The molecule has 1 aromatic carbocycles. The van der Waals surface area contributed by atoms with Gasteiger partial charge in [-0.3, -0.25) is 4.79 Å². The zero-order valence-corrected chi connectivity index (χ0v) is 15.6. The van der Waals surface area contributed by atoms with E-state index in [4.69, 9.17) is 0 Å². The fraction of sp³-hybridized carbons (Fsp3) is 0.611. The summed E-state index contributed by atoms with van der Waals surface area (Å²) in [4.78, 5) is 14.2. The lowest BCUT2D eigenvalue weighted by atomic mass is 9.91. The summed E-state index contributed by atoms with van der Waals surface area (Å²) in [6.07, 6.45) is 2.63. The van der Waals surface area contributed by atoms with E-state index in [2.05, 4.69) is 13.8 Å². The molecule has 0 radical (unpaired) electrons. The van der Waals surface area contributed by atoms with Crippen molar-refractivity contribution in [1.82, 2.24) is 9.21 Å². The molecule has 138 valence electrons. The zero-order valence-electron chi connectivity index (χ0n) is 14.7. The van der Waals surface area contributed by atoms with Crippen molar-refractivity contribution in [1.29, 1.82) is 0 Å². The number of nitrogens with zero attached hydrogens (tertiary/aromatic N) is 2. The third kappa shape index (κ3) is 3.72. The van der Waals surface area contributed by atoms with Crippen LogP contribution in [0.3, 0.4) is 0 Å². The Balaban J connectivity index is 1.90. The van der Waals surface area contributed by atoms with Crippen molar-refractivity contribution in [2.75, 3.05) is 26.2 Å². The van der Waals surface area contributed by atoms with Gasteiger partial charge in [-0.1, -0.05) is 13.8 Å². The molecule has 2 aliphatic rings. The smallest absolute Gasteiger partial charge is 0.253 e. The highest BCUT2D eigenvalue weighted by molar-refractivity contribution is 7.89. The molecule has 1 amide bonds. The van der Waals surface area contributed by atoms with E-state index in [1.165, 1.54) is 16.4 Å². The number of benzene rings is 1. The molecule has 2 saturated heterocycles. The van der Waals surface area contributed by atoms with E-state index >= 15 is 0 Å². The molecule has 0 aromatic heterocycles. The molecular formula is C18H25FN2O3S. The second kappa shape index (κ2) is 7.03. The molecule has 2 fully saturated rings. The maximum absolute atomic E-state index is 14.2. The predicted molar refractivity (Wildman–Crippen MR) is 93.2 cm³/mol. The van der Waals surface area contributed by atoms with E-state index in [0.717, 1.165) is 25.3 Å². The number of rotatable bonds is 3. The first kappa shape index (κ1) is 18.3. The summed E-state index contributed by atoms with van der Waals surface area (Å²) >= 11 is 0. The van der Waals surface area contributed by atoms with Crippen LogP contribution in [0, 0.1) is 17.7 Å². The fourth-order valence-corrected chi connectivity index (χ4v) is 5.52. The van der Waals surface area contributed by atoms with Gasteiger partial charge in [-0.15, -0.1) is 0 Å². The molecule has 2 unspecified atom stereocenters. The van der Waals surface area contributed by atoms with Crippen LogP contribution in [-0.4, -0.2) is 49.7 Å². The molecule has 3 rings (SSSR count). The molecule has 0 bridgehead atoms. The third-order valence-electron chi connectivity index (χ3n) is 5.02. The van der Waals surface area contributed by atoms with Gasteiger partial charge in [0.15, 0.2) is 0 Å². The van der Waals surface area contributed by atoms with Gasteiger partial charge in [-0.05, 0) is 49.3 Å². The topological polar surface area (TPSA) is 57.7 Å². The van der Waals surface area contributed by atoms with Crippen LogP contribution in [0.2, 0.25) is 0 Å². The van der Waals surface area contributed by atoms with E-state index in [0.29, 0.717) is 38.0 Å². The lowest BCUT2D eigenvalue weighted by molar-refractivity contribution is 0.0623. The minimum Gasteiger partial charge on any atom is -0.338 e. The lowest BCUT2D eigenvalue weighted by Crippen LogP contribution is -2.42. The van der Waals surface area contributed by atoms with Gasteiger partial charge in [0, 0.05) is 31.7 Å². The number of sulfonamides is 1. The lowest BCUT2D eigenvalue weighted by Gasteiger charge is -2.35. The molecule has 7 heteroatoms. The van der Waals surface area contributed by atoms with Crippen LogP contribution >= 0.6 is 0 Å². The Morgan fingerprint density at radius 3 is 2.32 bits per heavy atom. The van der Waals surface area contributed by atoms with Gasteiger partial charge in [-0.2, -0.15) is 4.31 Å². The Bertz CT molecular complexity index is 750. The number of halogens is 1. The first-order valence-corrected chi connectivity index (χ1v) is 10.3. The quantitative estimate of drug-likeness (QED) is 0.824. The summed E-state index contributed by atoms with van der Waals surface area (Å²) < 4.78 is 40.9. The summed E-state index contributed by atoms with van der Waals surface area (Å²) in [6.45, 7) is 6.31. The van der Waals surface area contributed by atoms with E-state index in [1.807, 2.05) is 0 Å². The SMILES string of the molecule is CC1CC(C)CN(C(=O)c2ccc(F)c(S(=O)(=O)N3CCCC3)c2)C1. The maximum Gasteiger partial charge on any atom is 0.253 e. The molecular weight excluding hydrogens is 343 g/mol. The molecule has 1 aromatic rings. The van der Waals surface area contributed by atoms with Gasteiger partial charge in [0.25, 0.3) is 5.91 Å². The number of likely N-dealkylation sites (tertiary alicyclic amines) is 1. The van der Waals surface area contributed by atoms with Gasteiger partial charge in [0.2, 0.25) is 10.0 Å². The highest BCUT2D eigenvalue weighted by atomic mass is 32.2. The molecule has 0 saturated carbocycles. The maximum atomic E-state index is 14.2. The summed E-state index contributed by atoms with van der Waals surface area (Å²) in [5.74, 6) is -0.220. The van der Waals surface area contributed by atoms with Crippen LogP contribution in [-0.2, 0) is 10.0 Å². The van der Waals surface area contributed by atoms with Gasteiger partial charge < -0.3 is 4.90 Å². The number of hydrogen-bond acceptors (Lipinski definition) is 3. The zero-order chi connectivity index (χ0) is 18.2. The van der Waals surface area contributed by atoms with Crippen LogP contribution in [0.15, 0.2) is 23.1 Å². The molecule has 5 nitrogen and oxygen atoms in total. The monoisotopic (exact) mass is 368 g/mol. The van der Waals surface area contributed by atoms with Crippen LogP contribution in [0.1, 0.15) is 43.5 Å². The summed E-state index contributed by atoms with van der Waals surface area (Å²) in [5, 5.41) is 0. The van der Waals surface area contributed by atoms with Crippen molar-refractivity contribution < 1.29 is 17.6 Å². The highest BCUT2D eigenvalue weighted by Gasteiger charge is 2.32. The van der Waals surface area contributed by atoms with Crippen molar-refractivity contribution in [3.8, 4) is 0 Å². The van der Waals surface area contributed by atoms with E-state index < -0.39 is 20.7 Å². The van der Waals surface area contributed by atoms with Gasteiger partial charge in [0.1, 0.15) is 10.7 Å². The van der Waals surface area contributed by atoms with E-state index in [-0.39, 0.29) is 11.5 Å². The molecule has 25 heavy (non-hydrogen) atoms. The Morgan fingerprint density at radius 2 is 1.72 bits per heavy atom. The molecule has 0 aliphatic carbocycles. The molecule has 2 aliphatic heterocycles. The van der Waals surface area contributed by atoms with Crippen LogP contribution in [0.4, 0.5) is 4.39 Å². The highest BCUT2D eigenvalue weighted by Crippen LogP contribution is 2.26. The van der Waals surface area contributed by atoms with Gasteiger partial charge in [0.05, 0.1) is 0 Å². The second-order valence-corrected chi connectivity index (χ2v) is 9.32. The average Bonchev–Trinajstić information content (AvgIpc) is 3.09. The van der Waals surface area contributed by atoms with Gasteiger partial charge in [-0.25, -0.2) is 12.8 Å². The normalized spacial score (nSPS) is 25.3. The van der Waals surface area contributed by atoms with Gasteiger partial charge >= 0.3 is 0 Å².